The molecule has 10 heteroatoms. The summed E-state index contributed by atoms with van der Waals surface area (Å²) in [5.74, 6) is 0.0309. The molecule has 0 spiro atoms. The number of nitrogens with zero attached hydrogens (tertiary/aromatic N) is 2. The summed E-state index contributed by atoms with van der Waals surface area (Å²) in [6, 6.07) is 6.90. The van der Waals surface area contributed by atoms with Crippen molar-refractivity contribution in [1.82, 2.24) is 15.3 Å². The van der Waals surface area contributed by atoms with Crippen molar-refractivity contribution < 1.29 is 13.2 Å². The Balaban J connectivity index is 0.00000128. The van der Waals surface area contributed by atoms with Crippen LogP contribution in [-0.4, -0.2) is 16.0 Å². The van der Waals surface area contributed by atoms with Crippen LogP contribution in [0.5, 0.6) is 0 Å². The lowest BCUT2D eigenvalue weighted by atomic mass is 9.91. The third-order valence-corrected chi connectivity index (χ3v) is 6.03. The minimum Gasteiger partial charge on any atom is -0.367 e. The highest BCUT2D eigenvalue weighted by molar-refractivity contribution is 5.85. The van der Waals surface area contributed by atoms with Crippen molar-refractivity contribution in [3.8, 4) is 0 Å². The van der Waals surface area contributed by atoms with E-state index in [-0.39, 0.29) is 42.6 Å². The summed E-state index contributed by atoms with van der Waals surface area (Å²) in [4.78, 5) is 8.09. The lowest BCUT2D eigenvalue weighted by Gasteiger charge is -2.19. The average molecular weight is 462 g/mol. The highest BCUT2D eigenvalue weighted by Gasteiger charge is 2.37. The highest BCUT2D eigenvalue weighted by atomic mass is 35.5. The number of halogens is 5. The van der Waals surface area contributed by atoms with Crippen LogP contribution in [0.25, 0.3) is 0 Å². The van der Waals surface area contributed by atoms with Crippen LogP contribution in [-0.2, 0) is 6.18 Å². The minimum absolute atomic E-state index is 0. The fourth-order valence-electron chi connectivity index (χ4n) is 4.66. The van der Waals surface area contributed by atoms with E-state index in [2.05, 4.69) is 38.1 Å². The normalized spacial score (nSPS) is 22.2. The smallest absolute Gasteiger partial charge is 0.367 e. The Bertz CT molecular complexity index is 902. The van der Waals surface area contributed by atoms with Crippen LogP contribution >= 0.6 is 24.8 Å². The first-order valence-corrected chi connectivity index (χ1v) is 9.85. The van der Waals surface area contributed by atoms with Gasteiger partial charge in [-0.1, -0.05) is 18.9 Å². The molecule has 5 nitrogen and oxygen atoms in total. The number of benzene rings is 1. The van der Waals surface area contributed by atoms with Crippen LogP contribution in [0.4, 0.5) is 30.6 Å². The lowest BCUT2D eigenvalue weighted by molar-refractivity contribution is -0.137. The summed E-state index contributed by atoms with van der Waals surface area (Å²) in [6.45, 7) is 0. The van der Waals surface area contributed by atoms with E-state index < -0.39 is 11.7 Å². The Labute approximate surface area is 185 Å². The maximum absolute atomic E-state index is 13.4. The molecule has 2 aliphatic heterocycles. The van der Waals surface area contributed by atoms with Crippen molar-refractivity contribution >= 4 is 42.3 Å². The van der Waals surface area contributed by atoms with E-state index in [1.807, 2.05) is 6.07 Å². The van der Waals surface area contributed by atoms with Crippen molar-refractivity contribution in [3.05, 3.63) is 41.1 Å². The summed E-state index contributed by atoms with van der Waals surface area (Å²) in [5, 5.41) is 9.63. The monoisotopic (exact) mass is 461 g/mol. The van der Waals surface area contributed by atoms with Gasteiger partial charge < -0.3 is 16.0 Å². The van der Waals surface area contributed by atoms with Gasteiger partial charge in [0.05, 0.1) is 0 Å². The van der Waals surface area contributed by atoms with E-state index in [1.54, 1.807) is 0 Å². The van der Waals surface area contributed by atoms with Gasteiger partial charge in [-0.05, 0) is 48.9 Å². The highest BCUT2D eigenvalue weighted by Crippen LogP contribution is 2.45. The van der Waals surface area contributed by atoms with Gasteiger partial charge in [-0.3, -0.25) is 0 Å². The molecular formula is C20H24Cl2F3N5. The Morgan fingerprint density at radius 2 is 1.67 bits per heavy atom. The van der Waals surface area contributed by atoms with E-state index in [0.29, 0.717) is 12.1 Å². The molecule has 2 atom stereocenters. The molecule has 1 saturated heterocycles. The molecule has 3 N–H and O–H groups in total. The standard InChI is InChI=1S/C20H22F3N5.2ClH/c21-20(22,23)15-10-24-19(28-18(15)25-11-3-1-2-4-11)26-12-5-6-13-14(9-12)17-8-7-16(13)27-17;;/h5-6,9-11,16-17,27H,1-4,7-8H2,(H2,24,25,26,28);2*1H. The van der Waals surface area contributed by atoms with Gasteiger partial charge in [0.2, 0.25) is 5.95 Å². The van der Waals surface area contributed by atoms with Crippen LogP contribution in [0.1, 0.15) is 67.3 Å². The predicted octanol–water partition coefficient (Wildman–Crippen LogP) is 5.92. The summed E-state index contributed by atoms with van der Waals surface area (Å²) >= 11 is 0. The third-order valence-electron chi connectivity index (χ3n) is 6.03. The fourth-order valence-corrected chi connectivity index (χ4v) is 4.66. The average Bonchev–Trinajstić information content (AvgIpc) is 3.39. The zero-order valence-electron chi connectivity index (χ0n) is 16.1. The number of nitrogens with one attached hydrogen (secondary N) is 3. The quantitative estimate of drug-likeness (QED) is 0.527. The number of rotatable bonds is 4. The van der Waals surface area contributed by atoms with Gasteiger partial charge in [0, 0.05) is 30.0 Å². The zero-order chi connectivity index (χ0) is 19.3. The van der Waals surface area contributed by atoms with Crippen molar-refractivity contribution in [3.63, 3.8) is 0 Å². The molecule has 3 heterocycles. The van der Waals surface area contributed by atoms with Gasteiger partial charge in [-0.15, -0.1) is 24.8 Å². The molecular weight excluding hydrogens is 438 g/mol. The molecule has 2 fully saturated rings. The summed E-state index contributed by atoms with van der Waals surface area (Å²) in [6.07, 6.45) is 2.44. The first kappa shape index (κ1) is 22.9. The van der Waals surface area contributed by atoms with Crippen LogP contribution in [0.2, 0.25) is 0 Å². The van der Waals surface area contributed by atoms with Gasteiger partial charge in [0.1, 0.15) is 11.4 Å². The number of fused-ring (bicyclic) bond motifs is 5. The molecule has 1 saturated carbocycles. The van der Waals surface area contributed by atoms with Gasteiger partial charge in [-0.25, -0.2) is 4.98 Å². The van der Waals surface area contributed by atoms with E-state index in [4.69, 9.17) is 0 Å². The largest absolute Gasteiger partial charge is 0.421 e. The molecule has 2 aromatic rings. The summed E-state index contributed by atoms with van der Waals surface area (Å²) in [7, 11) is 0. The first-order valence-electron chi connectivity index (χ1n) is 9.85. The molecule has 3 aliphatic rings. The maximum Gasteiger partial charge on any atom is 0.421 e. The number of hydrogen-bond acceptors (Lipinski definition) is 5. The van der Waals surface area contributed by atoms with Gasteiger partial charge in [0.25, 0.3) is 0 Å². The third kappa shape index (κ3) is 4.31. The molecule has 1 aromatic heterocycles. The van der Waals surface area contributed by atoms with Crippen molar-refractivity contribution in [1.29, 1.82) is 0 Å². The van der Waals surface area contributed by atoms with Crippen LogP contribution in [0, 0.1) is 0 Å². The van der Waals surface area contributed by atoms with E-state index >= 15 is 0 Å². The second-order valence-corrected chi connectivity index (χ2v) is 7.90. The second-order valence-electron chi connectivity index (χ2n) is 7.90. The molecule has 2 unspecified atom stereocenters. The molecule has 5 rings (SSSR count). The molecule has 164 valence electrons. The molecule has 30 heavy (non-hydrogen) atoms. The van der Waals surface area contributed by atoms with E-state index in [1.165, 1.54) is 11.1 Å². The second kappa shape index (κ2) is 8.77. The van der Waals surface area contributed by atoms with Crippen molar-refractivity contribution in [2.75, 3.05) is 10.6 Å². The number of alkyl halides is 3. The number of aromatic nitrogens is 2. The molecule has 1 aliphatic carbocycles. The molecule has 0 radical (unpaired) electrons. The van der Waals surface area contributed by atoms with Crippen molar-refractivity contribution in [2.24, 2.45) is 0 Å². The summed E-state index contributed by atoms with van der Waals surface area (Å²) < 4.78 is 40.1. The van der Waals surface area contributed by atoms with Crippen LogP contribution < -0.4 is 16.0 Å². The van der Waals surface area contributed by atoms with Crippen LogP contribution in [0.15, 0.2) is 24.4 Å². The fraction of sp³-hybridized carbons (Fsp3) is 0.500. The number of anilines is 3. The Hall–Kier alpha value is -1.77. The summed E-state index contributed by atoms with van der Waals surface area (Å²) in [5.41, 5.74) is 2.55. The Kier molecular flexibility index (Phi) is 6.69. The van der Waals surface area contributed by atoms with E-state index in [0.717, 1.165) is 50.4 Å². The predicted molar refractivity (Wildman–Crippen MR) is 115 cm³/mol. The Morgan fingerprint density at radius 1 is 0.967 bits per heavy atom. The topological polar surface area (TPSA) is 61.9 Å². The lowest BCUT2D eigenvalue weighted by Crippen LogP contribution is -2.20. The molecule has 2 bridgehead atoms. The molecule has 1 aromatic carbocycles. The van der Waals surface area contributed by atoms with Gasteiger partial charge >= 0.3 is 6.18 Å². The number of hydrogen-bond donors (Lipinski definition) is 3. The van der Waals surface area contributed by atoms with Crippen molar-refractivity contribution in [2.45, 2.75) is 62.8 Å². The minimum atomic E-state index is -4.49. The van der Waals surface area contributed by atoms with E-state index in [9.17, 15) is 13.2 Å². The van der Waals surface area contributed by atoms with Gasteiger partial charge in [-0.2, -0.15) is 18.2 Å². The first-order chi connectivity index (χ1) is 13.5. The SMILES string of the molecule is Cl.Cl.FC(F)(F)c1cnc(Nc2ccc3c(c2)C2CCC3N2)nc1NC1CCCC1. The van der Waals surface area contributed by atoms with Crippen LogP contribution in [0.3, 0.4) is 0 Å². The molecule has 0 amide bonds. The maximum atomic E-state index is 13.4. The Morgan fingerprint density at radius 3 is 2.37 bits per heavy atom. The van der Waals surface area contributed by atoms with Gasteiger partial charge in [0.15, 0.2) is 0 Å². The zero-order valence-corrected chi connectivity index (χ0v) is 17.8.